The average Bonchev–Trinajstić information content (AvgIpc) is 3.01. The number of nitrogens with one attached hydrogen (secondary N) is 2. The number of hydrogen-bond donors (Lipinski definition) is 2. The summed E-state index contributed by atoms with van der Waals surface area (Å²) in [5.41, 5.74) is 0. The highest BCUT2D eigenvalue weighted by Crippen LogP contribution is 2.16. The number of carbonyl (C=O) groups is 1. The van der Waals surface area contributed by atoms with E-state index in [1.165, 1.54) is 19.2 Å². The molecule has 25 heavy (non-hydrogen) atoms. The van der Waals surface area contributed by atoms with Gasteiger partial charge in [0.15, 0.2) is 0 Å². The van der Waals surface area contributed by atoms with Gasteiger partial charge in [-0.1, -0.05) is 23.8 Å². The zero-order chi connectivity index (χ0) is 18.3. The number of benzene rings is 1. The molecular weight excluding hydrogens is 364 g/mol. The second kappa shape index (κ2) is 9.33. The van der Waals surface area contributed by atoms with Crippen LogP contribution in [0.1, 0.15) is 25.7 Å². The predicted molar refractivity (Wildman–Crippen MR) is 97.0 cm³/mol. The number of hydrogen-bond acceptors (Lipinski definition) is 5. The molecule has 8 heteroatoms. The molecule has 2 N–H and O–H groups in total. The summed E-state index contributed by atoms with van der Waals surface area (Å²) in [6.45, 7) is 0.573. The Morgan fingerprint density at radius 2 is 2.12 bits per heavy atom. The molecule has 1 heterocycles. The monoisotopic (exact) mass is 386 g/mol. The van der Waals surface area contributed by atoms with Gasteiger partial charge in [-0.3, -0.25) is 4.79 Å². The molecule has 0 radical (unpaired) electrons. The van der Waals surface area contributed by atoms with E-state index in [-0.39, 0.29) is 22.9 Å². The van der Waals surface area contributed by atoms with Gasteiger partial charge < -0.3 is 10.1 Å². The molecule has 0 unspecified atom stereocenters. The van der Waals surface area contributed by atoms with Crippen molar-refractivity contribution in [2.24, 2.45) is 0 Å². The summed E-state index contributed by atoms with van der Waals surface area (Å²) < 4.78 is 32.0. The molecule has 2 rings (SSSR count). The molecular formula is C17H23ClN2O4S. The van der Waals surface area contributed by atoms with Crippen LogP contribution in [-0.2, 0) is 19.6 Å². The fourth-order valence-corrected chi connectivity index (χ4v) is 4.01. The molecule has 0 saturated carbocycles. The molecule has 6 nitrogen and oxygen atoms in total. The Hall–Kier alpha value is -1.41. The van der Waals surface area contributed by atoms with Gasteiger partial charge in [-0.2, -0.15) is 0 Å². The summed E-state index contributed by atoms with van der Waals surface area (Å²) in [4.78, 5) is 11.2. The zero-order valence-electron chi connectivity index (χ0n) is 14.1. The number of allylic oxidation sites excluding steroid dienone is 1. The van der Waals surface area contributed by atoms with Crippen molar-refractivity contribution < 1.29 is 17.9 Å². The third-order valence-corrected chi connectivity index (χ3v) is 5.75. The fraction of sp³-hybridized carbons (Fsp3) is 0.471. The second-order valence-corrected chi connectivity index (χ2v) is 8.07. The minimum Gasteiger partial charge on any atom is -0.469 e. The molecule has 1 saturated heterocycles. The van der Waals surface area contributed by atoms with E-state index in [9.17, 15) is 13.2 Å². The molecule has 1 aliphatic rings. The highest BCUT2D eigenvalue weighted by atomic mass is 35.5. The lowest BCUT2D eigenvalue weighted by Gasteiger charge is -2.12. The summed E-state index contributed by atoms with van der Waals surface area (Å²) in [6, 6.07) is 6.06. The van der Waals surface area contributed by atoms with Gasteiger partial charge in [0, 0.05) is 30.1 Å². The normalized spacial score (nSPS) is 20.9. The van der Waals surface area contributed by atoms with Crippen molar-refractivity contribution in [3.05, 3.63) is 41.4 Å². The summed E-state index contributed by atoms with van der Waals surface area (Å²) >= 11 is 5.79. The van der Waals surface area contributed by atoms with Crippen LogP contribution in [0.4, 0.5) is 0 Å². The lowest BCUT2D eigenvalue weighted by atomic mass is 10.1. The van der Waals surface area contributed by atoms with Crippen molar-refractivity contribution in [1.82, 2.24) is 10.0 Å². The first-order valence-electron chi connectivity index (χ1n) is 8.15. The molecule has 1 aliphatic heterocycles. The molecule has 138 valence electrons. The number of sulfonamides is 1. The van der Waals surface area contributed by atoms with Gasteiger partial charge in [-0.05, 0) is 43.5 Å². The first kappa shape index (κ1) is 19.9. The maximum absolute atomic E-state index is 12.4. The summed E-state index contributed by atoms with van der Waals surface area (Å²) in [6.07, 6.45) is 6.64. The van der Waals surface area contributed by atoms with Crippen LogP contribution in [0.5, 0.6) is 0 Å². The van der Waals surface area contributed by atoms with E-state index < -0.39 is 10.0 Å². The van der Waals surface area contributed by atoms with Crippen molar-refractivity contribution in [1.29, 1.82) is 0 Å². The topological polar surface area (TPSA) is 84.5 Å². The Labute approximate surface area is 153 Å². The molecule has 2 atom stereocenters. The van der Waals surface area contributed by atoms with Crippen LogP contribution in [0, 0.1) is 0 Å². The highest BCUT2D eigenvalue weighted by Gasteiger charge is 2.27. The predicted octanol–water partition coefficient (Wildman–Crippen LogP) is 2.25. The molecule has 1 fully saturated rings. The number of rotatable bonds is 8. The third kappa shape index (κ3) is 6.43. The maximum atomic E-state index is 12.4. The number of methoxy groups -OCH3 is 1. The van der Waals surface area contributed by atoms with Crippen LogP contribution in [0.15, 0.2) is 41.3 Å². The largest absolute Gasteiger partial charge is 0.469 e. The molecule has 1 aromatic rings. The van der Waals surface area contributed by atoms with Gasteiger partial charge in [-0.15, -0.1) is 0 Å². The van der Waals surface area contributed by atoms with Gasteiger partial charge in [-0.25, -0.2) is 13.1 Å². The highest BCUT2D eigenvalue weighted by molar-refractivity contribution is 7.89. The number of carbonyl (C=O) groups excluding carboxylic acids is 1. The average molecular weight is 387 g/mol. The Kier molecular flexibility index (Phi) is 7.43. The first-order valence-corrected chi connectivity index (χ1v) is 10.0. The van der Waals surface area contributed by atoms with E-state index in [1.54, 1.807) is 12.1 Å². The second-order valence-electron chi connectivity index (χ2n) is 5.92. The van der Waals surface area contributed by atoms with Crippen LogP contribution in [0.2, 0.25) is 5.02 Å². The minimum absolute atomic E-state index is 0.121. The van der Waals surface area contributed by atoms with Gasteiger partial charge in [0.05, 0.1) is 12.0 Å². The first-order chi connectivity index (χ1) is 11.9. The van der Waals surface area contributed by atoms with Gasteiger partial charge in [0.1, 0.15) is 0 Å². The van der Waals surface area contributed by atoms with Crippen LogP contribution in [-0.4, -0.2) is 40.1 Å². The van der Waals surface area contributed by atoms with Crippen molar-refractivity contribution >= 4 is 27.6 Å². The van der Waals surface area contributed by atoms with Gasteiger partial charge in [0.2, 0.25) is 10.0 Å². The molecule has 0 amide bonds. The van der Waals surface area contributed by atoms with E-state index in [0.29, 0.717) is 24.4 Å². The van der Waals surface area contributed by atoms with Crippen LogP contribution < -0.4 is 10.0 Å². The van der Waals surface area contributed by atoms with Crippen LogP contribution in [0.3, 0.4) is 0 Å². The Morgan fingerprint density at radius 3 is 2.80 bits per heavy atom. The van der Waals surface area contributed by atoms with E-state index in [2.05, 4.69) is 14.8 Å². The summed E-state index contributed by atoms with van der Waals surface area (Å²) in [7, 11) is -2.17. The van der Waals surface area contributed by atoms with E-state index in [0.717, 1.165) is 12.8 Å². The van der Waals surface area contributed by atoms with Crippen LogP contribution >= 0.6 is 11.6 Å². The number of halogens is 1. The van der Waals surface area contributed by atoms with Crippen molar-refractivity contribution in [3.63, 3.8) is 0 Å². The Bertz CT molecular complexity index is 704. The minimum atomic E-state index is -3.55. The quantitative estimate of drug-likeness (QED) is 0.406. The molecule has 0 aliphatic carbocycles. The molecule has 0 spiro atoms. The van der Waals surface area contributed by atoms with Crippen molar-refractivity contribution in [3.8, 4) is 0 Å². The molecule has 0 aromatic heterocycles. The number of esters is 1. The maximum Gasteiger partial charge on any atom is 0.305 e. The smallest absolute Gasteiger partial charge is 0.305 e. The van der Waals surface area contributed by atoms with E-state index in [4.69, 9.17) is 11.6 Å². The Balaban J connectivity index is 1.78. The van der Waals surface area contributed by atoms with Gasteiger partial charge in [0.25, 0.3) is 0 Å². The standard InChI is InChI=1S/C17H23ClN2O4S/c1-24-17(21)6-4-2-3-5-14-11-15(12-19-14)20-25(22,23)16-9-7-13(18)8-10-16/h3,5,7-10,14-15,19-20H,2,4,6,11-12H2,1H3/t14-,15-/m1/s1. The third-order valence-electron chi connectivity index (χ3n) is 3.96. The summed E-state index contributed by atoms with van der Waals surface area (Å²) in [5, 5.41) is 3.77. The summed E-state index contributed by atoms with van der Waals surface area (Å²) in [5.74, 6) is -0.205. The number of unbranched alkanes of at least 4 members (excludes halogenated alkanes) is 1. The Morgan fingerprint density at radius 1 is 1.40 bits per heavy atom. The fourth-order valence-electron chi connectivity index (χ4n) is 2.63. The number of ether oxygens (including phenoxy) is 1. The van der Waals surface area contributed by atoms with E-state index in [1.807, 2.05) is 12.2 Å². The SMILES string of the molecule is COC(=O)CCCC=C[C@@H]1C[C@@H](NS(=O)(=O)c2ccc(Cl)cc2)CN1. The van der Waals surface area contributed by atoms with Gasteiger partial charge >= 0.3 is 5.97 Å². The lowest BCUT2D eigenvalue weighted by molar-refractivity contribution is -0.140. The van der Waals surface area contributed by atoms with Crippen molar-refractivity contribution in [2.45, 2.75) is 42.7 Å². The van der Waals surface area contributed by atoms with Crippen molar-refractivity contribution in [2.75, 3.05) is 13.7 Å². The zero-order valence-corrected chi connectivity index (χ0v) is 15.6. The van der Waals surface area contributed by atoms with Crippen LogP contribution in [0.25, 0.3) is 0 Å². The molecule has 0 bridgehead atoms. The molecule has 1 aromatic carbocycles. The van der Waals surface area contributed by atoms with E-state index >= 15 is 0 Å². The lowest BCUT2D eigenvalue weighted by Crippen LogP contribution is -2.36.